The van der Waals surface area contributed by atoms with Crippen molar-refractivity contribution in [2.75, 3.05) is 54.6 Å². The van der Waals surface area contributed by atoms with Gasteiger partial charge in [0, 0.05) is 45.1 Å². The van der Waals surface area contributed by atoms with Crippen LogP contribution in [0.1, 0.15) is 87.5 Å². The summed E-state index contributed by atoms with van der Waals surface area (Å²) in [6.45, 7) is 18.2. The van der Waals surface area contributed by atoms with E-state index in [4.69, 9.17) is 33.2 Å². The average Bonchev–Trinajstić information content (AvgIpc) is 3.19. The highest BCUT2D eigenvalue weighted by Crippen LogP contribution is 2.36. The molecule has 0 radical (unpaired) electrons. The Kier molecular flexibility index (Phi) is 20.3. The fourth-order valence-electron chi connectivity index (χ4n) is 10.0. The number of rotatable bonds is 12. The molecule has 0 aliphatic carbocycles. The number of methoxy groups -OCH3 is 2. The number of allylic oxidation sites excluding steroid dienone is 3. The SMILES string of the molecule is CC[C@H]1OC(=O)C[C@@H](O)[C@H](C)[C@@H](O[C@@H]2O[C@H](C)[C@H](O)[C@H](N(C)C)[C@H]2O)[C@H](CCN2C[C@H](C)C[C@H](C)C2)C[C@@H](C)C(=O)C=CC(C)=C[C@@H]1CO[C@@H]1O[C@H](C)[C@@H](O)[C@@H](OC)[C@H]1OC. The fraction of sp³-hybridized carbons (Fsp3) is 0.870. The molecule has 0 aromatic carbocycles. The zero-order valence-corrected chi connectivity index (χ0v) is 38.9. The Bertz CT molecular complexity index is 1420. The Balaban J connectivity index is 1.68. The number of likely N-dealkylation sites (N-methyl/N-ethyl adjacent to an activating group) is 1. The highest BCUT2D eigenvalue weighted by atomic mass is 16.7. The maximum Gasteiger partial charge on any atom is 0.308 e. The lowest BCUT2D eigenvalue weighted by molar-refractivity contribution is -0.304. The lowest BCUT2D eigenvalue weighted by atomic mass is 9.79. The Morgan fingerprint density at radius 1 is 0.820 bits per heavy atom. The number of piperidine rings is 1. The van der Waals surface area contributed by atoms with E-state index in [2.05, 4.69) is 18.7 Å². The van der Waals surface area contributed by atoms with Crippen LogP contribution in [-0.4, -0.2) is 176 Å². The maximum atomic E-state index is 14.0. The molecule has 15 nitrogen and oxygen atoms in total. The van der Waals surface area contributed by atoms with Crippen LogP contribution in [0.4, 0.5) is 0 Å². The van der Waals surface area contributed by atoms with Crippen molar-refractivity contribution in [1.82, 2.24) is 9.80 Å². The van der Waals surface area contributed by atoms with Crippen LogP contribution in [0.2, 0.25) is 0 Å². The van der Waals surface area contributed by atoms with Gasteiger partial charge in [0.1, 0.15) is 30.5 Å². The number of cyclic esters (lactones) is 1. The predicted molar refractivity (Wildman–Crippen MR) is 229 cm³/mol. The second-order valence-electron chi connectivity index (χ2n) is 18.9. The molecule has 15 heteroatoms. The summed E-state index contributed by atoms with van der Waals surface area (Å²) in [7, 11) is 6.54. The van der Waals surface area contributed by atoms with Crippen LogP contribution in [-0.2, 0) is 42.7 Å². The molecule has 19 atom stereocenters. The van der Waals surface area contributed by atoms with Crippen molar-refractivity contribution < 1.29 is 63.2 Å². The van der Waals surface area contributed by atoms with E-state index < -0.39 is 103 Å². The van der Waals surface area contributed by atoms with E-state index in [0.29, 0.717) is 31.1 Å². The molecule has 4 aliphatic heterocycles. The number of esters is 1. The van der Waals surface area contributed by atoms with Gasteiger partial charge in [-0.3, -0.25) is 9.59 Å². The molecule has 0 aromatic rings. The minimum Gasteiger partial charge on any atom is -0.462 e. The highest BCUT2D eigenvalue weighted by Gasteiger charge is 2.48. The number of ketones is 1. The van der Waals surface area contributed by atoms with Gasteiger partial charge in [0.2, 0.25) is 0 Å². The first kappa shape index (κ1) is 51.8. The summed E-state index contributed by atoms with van der Waals surface area (Å²) < 4.78 is 42.6. The Hall–Kier alpha value is -1.86. The third kappa shape index (κ3) is 13.8. The van der Waals surface area contributed by atoms with E-state index in [-0.39, 0.29) is 24.7 Å². The van der Waals surface area contributed by atoms with Crippen molar-refractivity contribution in [1.29, 1.82) is 0 Å². The summed E-state index contributed by atoms with van der Waals surface area (Å²) in [6.07, 6.45) is -2.96. The van der Waals surface area contributed by atoms with Gasteiger partial charge in [-0.15, -0.1) is 0 Å². The topological polar surface area (TPSA) is 186 Å². The molecule has 3 fully saturated rings. The molecule has 0 saturated carbocycles. The van der Waals surface area contributed by atoms with E-state index >= 15 is 0 Å². The standard InChI is InChI=1S/C46H80N2O13/c1-13-36-33(24-57-46-44(56-12)43(55-11)40(53)31(8)59-46)19-25(2)14-15-34(49)28(5)20-32(16-17-48-22-26(3)18-27(4)23-48)42(29(6)35(50)21-37(51)60-36)61-45-41(54)38(47(9)10)39(52)30(7)58-45/h14-15,19,26-33,35-36,38-46,50,52-54H,13,16-18,20-24H2,1-12H3/t26-,27+,28-,29+,30-,31-,32-,33-,35-,36-,38+,39+,40-,41-,42-,43-,44-,45+,46-/m1/s1. The number of aliphatic hydroxyl groups excluding tert-OH is 4. The van der Waals surface area contributed by atoms with Gasteiger partial charge in [-0.1, -0.05) is 52.3 Å². The van der Waals surface area contributed by atoms with Crippen molar-refractivity contribution in [3.8, 4) is 0 Å². The van der Waals surface area contributed by atoms with E-state index in [9.17, 15) is 30.0 Å². The molecule has 0 spiro atoms. The van der Waals surface area contributed by atoms with E-state index in [1.807, 2.05) is 33.8 Å². The number of carbonyl (C=O) groups is 2. The zero-order chi connectivity index (χ0) is 45.3. The third-order valence-corrected chi connectivity index (χ3v) is 13.5. The van der Waals surface area contributed by atoms with Crippen LogP contribution in [0.5, 0.6) is 0 Å². The second kappa shape index (κ2) is 23.9. The quantitative estimate of drug-likeness (QED) is 0.209. The van der Waals surface area contributed by atoms with E-state index in [0.717, 1.165) is 25.2 Å². The highest BCUT2D eigenvalue weighted by molar-refractivity contribution is 5.91. The number of hydrogen-bond donors (Lipinski definition) is 4. The predicted octanol–water partition coefficient (Wildman–Crippen LogP) is 3.34. The fourth-order valence-corrected chi connectivity index (χ4v) is 10.0. The Morgan fingerprint density at radius 2 is 1.44 bits per heavy atom. The Morgan fingerprint density at radius 3 is 2.05 bits per heavy atom. The number of nitrogens with zero attached hydrogens (tertiary/aromatic N) is 2. The monoisotopic (exact) mass is 869 g/mol. The molecule has 4 aliphatic rings. The molecule has 4 heterocycles. The minimum absolute atomic E-state index is 0.0427. The van der Waals surface area contributed by atoms with Crippen LogP contribution < -0.4 is 0 Å². The number of hydrogen-bond acceptors (Lipinski definition) is 15. The first-order chi connectivity index (χ1) is 28.8. The Labute approximate surface area is 365 Å². The summed E-state index contributed by atoms with van der Waals surface area (Å²) in [4.78, 5) is 32.1. The molecule has 4 N–H and O–H groups in total. The summed E-state index contributed by atoms with van der Waals surface area (Å²) in [5.74, 6) is -1.46. The normalized spacial score (nSPS) is 43.0. The average molecular weight is 869 g/mol. The largest absolute Gasteiger partial charge is 0.462 e. The van der Waals surface area contributed by atoms with Crippen LogP contribution in [0.15, 0.2) is 23.8 Å². The van der Waals surface area contributed by atoms with Crippen LogP contribution >= 0.6 is 0 Å². The summed E-state index contributed by atoms with van der Waals surface area (Å²) in [5, 5.41) is 45.3. The van der Waals surface area contributed by atoms with Gasteiger partial charge in [0.25, 0.3) is 0 Å². The van der Waals surface area contributed by atoms with Crippen molar-refractivity contribution in [3.05, 3.63) is 23.8 Å². The minimum atomic E-state index is -1.23. The van der Waals surface area contributed by atoms with Gasteiger partial charge in [-0.25, -0.2) is 0 Å². The second-order valence-corrected chi connectivity index (χ2v) is 18.9. The molecule has 352 valence electrons. The number of ether oxygens (including phenoxy) is 7. The van der Waals surface area contributed by atoms with Gasteiger partial charge in [0.05, 0.1) is 49.6 Å². The molecule has 0 aromatic heterocycles. The van der Waals surface area contributed by atoms with Gasteiger partial charge >= 0.3 is 5.97 Å². The summed E-state index contributed by atoms with van der Waals surface area (Å²) in [5.41, 5.74) is 0.761. The first-order valence-corrected chi connectivity index (χ1v) is 22.6. The molecule has 0 bridgehead atoms. The van der Waals surface area contributed by atoms with Crippen molar-refractivity contribution >= 4 is 11.8 Å². The van der Waals surface area contributed by atoms with Crippen molar-refractivity contribution in [2.45, 2.75) is 167 Å². The number of carbonyl (C=O) groups excluding carboxylic acids is 2. The molecular formula is C46H80N2O13. The van der Waals surface area contributed by atoms with Crippen molar-refractivity contribution in [3.63, 3.8) is 0 Å². The summed E-state index contributed by atoms with van der Waals surface area (Å²) >= 11 is 0. The van der Waals surface area contributed by atoms with Gasteiger partial charge in [-0.05, 0) is 90.9 Å². The van der Waals surface area contributed by atoms with E-state index in [1.165, 1.54) is 20.6 Å². The summed E-state index contributed by atoms with van der Waals surface area (Å²) in [6, 6.07) is -0.684. The molecule has 3 saturated heterocycles. The van der Waals surface area contributed by atoms with Crippen LogP contribution in [0.25, 0.3) is 0 Å². The zero-order valence-electron chi connectivity index (χ0n) is 38.9. The van der Waals surface area contributed by atoms with Gasteiger partial charge in [-0.2, -0.15) is 0 Å². The molecule has 61 heavy (non-hydrogen) atoms. The van der Waals surface area contributed by atoms with Crippen LogP contribution in [0, 0.1) is 35.5 Å². The molecule has 0 amide bonds. The number of likely N-dealkylation sites (tertiary alicyclic amines) is 1. The van der Waals surface area contributed by atoms with E-state index in [1.54, 1.807) is 45.0 Å². The number of aliphatic hydroxyl groups is 4. The molecule has 4 rings (SSSR count). The van der Waals surface area contributed by atoms with Gasteiger partial charge in [0.15, 0.2) is 18.4 Å². The van der Waals surface area contributed by atoms with Crippen LogP contribution in [0.3, 0.4) is 0 Å². The smallest absolute Gasteiger partial charge is 0.308 e. The maximum absolute atomic E-state index is 14.0. The third-order valence-electron chi connectivity index (χ3n) is 13.5. The molecule has 0 unspecified atom stereocenters. The first-order valence-electron chi connectivity index (χ1n) is 22.6. The lowest BCUT2D eigenvalue weighted by Gasteiger charge is -2.47. The van der Waals surface area contributed by atoms with Gasteiger partial charge < -0.3 is 63.4 Å². The lowest BCUT2D eigenvalue weighted by Crippen LogP contribution is -2.63. The molecular weight excluding hydrogens is 789 g/mol. The van der Waals surface area contributed by atoms with Crippen molar-refractivity contribution in [2.24, 2.45) is 35.5 Å².